The predicted molar refractivity (Wildman–Crippen MR) is 120 cm³/mol. The van der Waals surface area contributed by atoms with Crippen LogP contribution in [0.5, 0.6) is 0 Å². The van der Waals surface area contributed by atoms with Crippen molar-refractivity contribution in [3.05, 3.63) is 48.0 Å². The van der Waals surface area contributed by atoms with Crippen molar-refractivity contribution in [1.82, 2.24) is 9.80 Å². The highest BCUT2D eigenvalue weighted by Gasteiger charge is 2.33. The van der Waals surface area contributed by atoms with Gasteiger partial charge in [0.25, 0.3) is 0 Å². The number of benzene rings is 2. The first-order chi connectivity index (χ1) is 15.3. The molecule has 1 fully saturated rings. The normalized spacial score (nSPS) is 18.3. The summed E-state index contributed by atoms with van der Waals surface area (Å²) in [6.45, 7) is 5.15. The number of hydrogen-bond donors (Lipinski definition) is 2. The molecule has 174 valence electrons. The number of β-amino-alcohol motifs (C(OH)–C–C–N with tert-alkyl or cyclic N) is 1. The second-order valence-corrected chi connectivity index (χ2v) is 9.32. The number of halogens is 3. The van der Waals surface area contributed by atoms with Crippen LogP contribution in [0.1, 0.15) is 12.0 Å². The second-order valence-electron chi connectivity index (χ2n) is 8.23. The summed E-state index contributed by atoms with van der Waals surface area (Å²) in [5.74, 6) is 0. The molecule has 9 heteroatoms. The second kappa shape index (κ2) is 10.0. The molecule has 0 saturated carbocycles. The molecule has 2 heterocycles. The molecule has 2 aromatic carbocycles. The molecule has 0 bridgehead atoms. The number of aliphatic hydroxyl groups excluding tert-OH is 2. The lowest BCUT2D eigenvalue weighted by Crippen LogP contribution is -2.49. The van der Waals surface area contributed by atoms with Crippen LogP contribution in [-0.2, 0) is 6.18 Å². The molecule has 2 aromatic rings. The molecule has 4 rings (SSSR count). The smallest absolute Gasteiger partial charge is 0.394 e. The summed E-state index contributed by atoms with van der Waals surface area (Å²) >= 11 is 1.51. The third-order valence-electron chi connectivity index (χ3n) is 5.95. The zero-order valence-corrected chi connectivity index (χ0v) is 18.6. The molecule has 32 heavy (non-hydrogen) atoms. The maximum Gasteiger partial charge on any atom is 0.416 e. The van der Waals surface area contributed by atoms with Crippen LogP contribution in [0, 0.1) is 0 Å². The zero-order chi connectivity index (χ0) is 22.7. The lowest BCUT2D eigenvalue weighted by Gasteiger charge is -2.37. The molecule has 0 amide bonds. The fourth-order valence-corrected chi connectivity index (χ4v) is 5.33. The summed E-state index contributed by atoms with van der Waals surface area (Å²) in [7, 11) is 0. The van der Waals surface area contributed by atoms with E-state index in [-0.39, 0.29) is 6.61 Å². The van der Waals surface area contributed by atoms with E-state index < -0.39 is 17.8 Å². The maximum atomic E-state index is 13.3. The van der Waals surface area contributed by atoms with Gasteiger partial charge in [0.1, 0.15) is 0 Å². The fourth-order valence-electron chi connectivity index (χ4n) is 4.25. The van der Waals surface area contributed by atoms with E-state index in [1.807, 2.05) is 29.2 Å². The topological polar surface area (TPSA) is 50.2 Å². The summed E-state index contributed by atoms with van der Waals surface area (Å²) in [5, 5.41) is 18.6. The quantitative estimate of drug-likeness (QED) is 0.648. The molecule has 1 atom stereocenters. The van der Waals surface area contributed by atoms with E-state index in [4.69, 9.17) is 5.11 Å². The SMILES string of the molecule is OC[C@@H](O)CN1CCN(CCCN2c3ccccc3Sc3ccc(C(F)(F)F)cc32)CC1. The van der Waals surface area contributed by atoms with Crippen LogP contribution in [-0.4, -0.2) is 78.5 Å². The van der Waals surface area contributed by atoms with Crippen LogP contribution >= 0.6 is 11.8 Å². The van der Waals surface area contributed by atoms with Crippen molar-refractivity contribution in [2.24, 2.45) is 0 Å². The van der Waals surface area contributed by atoms with Crippen LogP contribution in [0.2, 0.25) is 0 Å². The lowest BCUT2D eigenvalue weighted by molar-refractivity contribution is -0.137. The van der Waals surface area contributed by atoms with Crippen LogP contribution in [0.4, 0.5) is 24.5 Å². The summed E-state index contributed by atoms with van der Waals surface area (Å²) in [6.07, 6.45) is -4.25. The molecular weight excluding hydrogens is 439 g/mol. The van der Waals surface area contributed by atoms with E-state index in [2.05, 4.69) is 9.80 Å². The number of para-hydroxylation sites is 1. The molecule has 0 aromatic heterocycles. The van der Waals surface area contributed by atoms with Gasteiger partial charge in [0.05, 0.1) is 29.6 Å². The van der Waals surface area contributed by atoms with E-state index in [0.29, 0.717) is 18.8 Å². The van der Waals surface area contributed by atoms with Crippen molar-refractivity contribution in [3.63, 3.8) is 0 Å². The monoisotopic (exact) mass is 467 g/mol. The molecule has 2 N–H and O–H groups in total. The third-order valence-corrected chi connectivity index (χ3v) is 7.08. The first-order valence-corrected chi connectivity index (χ1v) is 11.7. The van der Waals surface area contributed by atoms with Gasteiger partial charge in [0.2, 0.25) is 0 Å². The zero-order valence-electron chi connectivity index (χ0n) is 17.8. The molecule has 5 nitrogen and oxygen atoms in total. The number of fused-ring (bicyclic) bond motifs is 2. The van der Waals surface area contributed by atoms with Gasteiger partial charge in [0, 0.05) is 49.1 Å². The lowest BCUT2D eigenvalue weighted by atomic mass is 10.1. The minimum absolute atomic E-state index is 0.229. The Morgan fingerprint density at radius 1 is 0.906 bits per heavy atom. The van der Waals surface area contributed by atoms with Gasteiger partial charge in [-0.2, -0.15) is 13.2 Å². The van der Waals surface area contributed by atoms with Crippen molar-refractivity contribution in [3.8, 4) is 0 Å². The van der Waals surface area contributed by atoms with Gasteiger partial charge in [-0.3, -0.25) is 4.90 Å². The number of nitrogens with zero attached hydrogens (tertiary/aromatic N) is 3. The Morgan fingerprint density at radius 2 is 1.59 bits per heavy atom. The van der Waals surface area contributed by atoms with Gasteiger partial charge in [0.15, 0.2) is 0 Å². The van der Waals surface area contributed by atoms with E-state index in [0.717, 1.165) is 60.7 Å². The van der Waals surface area contributed by atoms with E-state index >= 15 is 0 Å². The number of hydrogen-bond acceptors (Lipinski definition) is 6. The van der Waals surface area contributed by atoms with Gasteiger partial charge < -0.3 is 20.0 Å². The van der Waals surface area contributed by atoms with Gasteiger partial charge >= 0.3 is 6.18 Å². The van der Waals surface area contributed by atoms with Crippen molar-refractivity contribution in [2.45, 2.75) is 28.5 Å². The minimum Gasteiger partial charge on any atom is -0.394 e. The molecule has 2 aliphatic rings. The Balaban J connectivity index is 1.41. The van der Waals surface area contributed by atoms with Crippen molar-refractivity contribution in [1.29, 1.82) is 0 Å². The standard InChI is InChI=1S/C23H28F3N3O2S/c24-23(25,26)17-6-7-22-20(14-17)29(19-4-1-2-5-21(19)32-22)9-3-8-27-10-12-28(13-11-27)15-18(31)16-30/h1-2,4-7,14,18,30-31H,3,8-13,15-16H2/t18-/m0/s1. The Hall–Kier alpha value is -1.78. The van der Waals surface area contributed by atoms with Crippen molar-refractivity contribution < 1.29 is 23.4 Å². The predicted octanol–water partition coefficient (Wildman–Crippen LogP) is 3.67. The Bertz CT molecular complexity index is 920. The summed E-state index contributed by atoms with van der Waals surface area (Å²) in [6, 6.07) is 11.8. The summed E-state index contributed by atoms with van der Waals surface area (Å²) in [5.41, 5.74) is 0.945. The Labute approximate surface area is 190 Å². The van der Waals surface area contributed by atoms with Gasteiger partial charge in [-0.15, -0.1) is 0 Å². The first kappa shape index (κ1) is 23.4. The summed E-state index contributed by atoms with van der Waals surface area (Å²) in [4.78, 5) is 8.40. The maximum absolute atomic E-state index is 13.3. The first-order valence-electron chi connectivity index (χ1n) is 10.8. The number of alkyl halides is 3. The number of anilines is 2. The molecule has 0 radical (unpaired) electrons. The van der Waals surface area contributed by atoms with Gasteiger partial charge in [-0.25, -0.2) is 0 Å². The Kier molecular flexibility index (Phi) is 7.31. The number of rotatable bonds is 7. The average molecular weight is 468 g/mol. The number of aliphatic hydroxyl groups is 2. The van der Waals surface area contributed by atoms with Crippen LogP contribution in [0.3, 0.4) is 0 Å². The molecule has 0 aliphatic carbocycles. The van der Waals surface area contributed by atoms with Gasteiger partial charge in [-0.1, -0.05) is 23.9 Å². The molecule has 1 saturated heterocycles. The fraction of sp³-hybridized carbons (Fsp3) is 0.478. The highest BCUT2D eigenvalue weighted by atomic mass is 32.2. The number of piperazine rings is 1. The molecule has 2 aliphatic heterocycles. The van der Waals surface area contributed by atoms with Crippen LogP contribution < -0.4 is 4.90 Å². The minimum atomic E-state index is -4.37. The van der Waals surface area contributed by atoms with Crippen LogP contribution in [0.15, 0.2) is 52.3 Å². The third kappa shape index (κ3) is 5.40. The summed E-state index contributed by atoms with van der Waals surface area (Å²) < 4.78 is 40.0. The Morgan fingerprint density at radius 3 is 2.31 bits per heavy atom. The molecule has 0 unspecified atom stereocenters. The molecular formula is C23H28F3N3O2S. The molecule has 0 spiro atoms. The largest absolute Gasteiger partial charge is 0.416 e. The van der Waals surface area contributed by atoms with Crippen molar-refractivity contribution >= 4 is 23.1 Å². The highest BCUT2D eigenvalue weighted by Crippen LogP contribution is 2.49. The van der Waals surface area contributed by atoms with Gasteiger partial charge in [-0.05, 0) is 43.3 Å². The van der Waals surface area contributed by atoms with E-state index in [1.54, 1.807) is 6.07 Å². The average Bonchev–Trinajstić information content (AvgIpc) is 2.78. The van der Waals surface area contributed by atoms with E-state index in [9.17, 15) is 18.3 Å². The highest BCUT2D eigenvalue weighted by molar-refractivity contribution is 7.99. The van der Waals surface area contributed by atoms with E-state index in [1.165, 1.54) is 17.8 Å². The van der Waals surface area contributed by atoms with Crippen molar-refractivity contribution in [2.75, 3.05) is 57.3 Å². The van der Waals surface area contributed by atoms with Crippen LogP contribution in [0.25, 0.3) is 0 Å².